The van der Waals surface area contributed by atoms with Gasteiger partial charge in [0.1, 0.15) is 0 Å². The second kappa shape index (κ2) is 7.55. The molecule has 0 aliphatic carbocycles. The van der Waals surface area contributed by atoms with Crippen LogP contribution < -0.4 is 5.84 Å². The second-order valence-electron chi connectivity index (χ2n) is 2.94. The van der Waals surface area contributed by atoms with Crippen molar-refractivity contribution in [3.63, 3.8) is 0 Å². The SMILES string of the molecule is CC/C(C)=C/C=C/C/N=C\N(C)N. The summed E-state index contributed by atoms with van der Waals surface area (Å²) in [4.78, 5) is 4.05. The van der Waals surface area contributed by atoms with E-state index in [1.807, 2.05) is 12.2 Å². The van der Waals surface area contributed by atoms with E-state index >= 15 is 0 Å². The number of aliphatic imine (C=N–C) groups is 1. The zero-order chi connectivity index (χ0) is 10.1. The Balaban J connectivity index is 3.64. The molecule has 3 heteroatoms. The molecule has 0 aliphatic rings. The molecule has 74 valence electrons. The number of hydrazine groups is 1. The Morgan fingerprint density at radius 1 is 1.54 bits per heavy atom. The third-order valence-corrected chi connectivity index (χ3v) is 1.55. The van der Waals surface area contributed by atoms with E-state index in [4.69, 9.17) is 5.84 Å². The number of hydrogen-bond acceptors (Lipinski definition) is 2. The van der Waals surface area contributed by atoms with Crippen LogP contribution in [0.5, 0.6) is 0 Å². The smallest absolute Gasteiger partial charge is 0.0991 e. The van der Waals surface area contributed by atoms with Gasteiger partial charge in [-0.3, -0.25) is 4.99 Å². The van der Waals surface area contributed by atoms with Gasteiger partial charge in [-0.25, -0.2) is 5.84 Å². The lowest BCUT2D eigenvalue weighted by atomic mass is 10.2. The minimum Gasteiger partial charge on any atom is -0.304 e. The summed E-state index contributed by atoms with van der Waals surface area (Å²) < 4.78 is 0. The Kier molecular flexibility index (Phi) is 6.92. The van der Waals surface area contributed by atoms with E-state index in [0.29, 0.717) is 6.54 Å². The van der Waals surface area contributed by atoms with Crippen molar-refractivity contribution >= 4 is 6.34 Å². The number of allylic oxidation sites excluding steroid dienone is 3. The minimum atomic E-state index is 0.676. The van der Waals surface area contributed by atoms with Crippen LogP contribution in [0.25, 0.3) is 0 Å². The molecule has 0 aromatic carbocycles. The van der Waals surface area contributed by atoms with E-state index in [0.717, 1.165) is 6.42 Å². The van der Waals surface area contributed by atoms with E-state index in [1.165, 1.54) is 10.6 Å². The molecule has 0 bridgehead atoms. The highest BCUT2D eigenvalue weighted by molar-refractivity contribution is 5.53. The van der Waals surface area contributed by atoms with Crippen molar-refractivity contribution in [2.75, 3.05) is 13.6 Å². The monoisotopic (exact) mass is 181 g/mol. The van der Waals surface area contributed by atoms with Crippen molar-refractivity contribution in [3.8, 4) is 0 Å². The highest BCUT2D eigenvalue weighted by atomic mass is 15.4. The topological polar surface area (TPSA) is 41.6 Å². The summed E-state index contributed by atoms with van der Waals surface area (Å²) in [6.07, 6.45) is 8.81. The Hall–Kier alpha value is -1.09. The molecule has 0 aromatic heterocycles. The molecule has 0 aromatic rings. The fourth-order valence-electron chi connectivity index (χ4n) is 0.648. The van der Waals surface area contributed by atoms with Gasteiger partial charge in [0.2, 0.25) is 0 Å². The molecule has 13 heavy (non-hydrogen) atoms. The van der Waals surface area contributed by atoms with Crippen molar-refractivity contribution in [3.05, 3.63) is 23.8 Å². The molecule has 0 unspecified atom stereocenters. The lowest BCUT2D eigenvalue weighted by molar-refractivity contribution is 0.554. The number of hydrogen-bond donors (Lipinski definition) is 1. The predicted molar refractivity (Wildman–Crippen MR) is 58.5 cm³/mol. The van der Waals surface area contributed by atoms with Crippen molar-refractivity contribution in [1.29, 1.82) is 0 Å². The van der Waals surface area contributed by atoms with Crippen molar-refractivity contribution < 1.29 is 0 Å². The fraction of sp³-hybridized carbons (Fsp3) is 0.500. The maximum atomic E-state index is 5.32. The maximum Gasteiger partial charge on any atom is 0.0991 e. The molecule has 0 fully saturated rings. The van der Waals surface area contributed by atoms with Gasteiger partial charge < -0.3 is 5.01 Å². The Labute approximate surface area is 80.6 Å². The first-order valence-corrected chi connectivity index (χ1v) is 4.46. The Morgan fingerprint density at radius 3 is 2.77 bits per heavy atom. The van der Waals surface area contributed by atoms with Gasteiger partial charge >= 0.3 is 0 Å². The van der Waals surface area contributed by atoms with E-state index in [-0.39, 0.29) is 0 Å². The quantitative estimate of drug-likeness (QED) is 0.231. The maximum absolute atomic E-state index is 5.32. The van der Waals surface area contributed by atoms with Gasteiger partial charge in [-0.05, 0) is 13.3 Å². The average Bonchev–Trinajstić information content (AvgIpc) is 2.10. The van der Waals surface area contributed by atoms with Crippen LogP contribution >= 0.6 is 0 Å². The first-order chi connectivity index (χ1) is 6.16. The highest BCUT2D eigenvalue weighted by Gasteiger charge is 1.78. The van der Waals surface area contributed by atoms with Gasteiger partial charge in [0, 0.05) is 7.05 Å². The molecule has 0 amide bonds. The van der Waals surface area contributed by atoms with E-state index < -0.39 is 0 Å². The molecule has 0 atom stereocenters. The summed E-state index contributed by atoms with van der Waals surface area (Å²) >= 11 is 0. The lowest BCUT2D eigenvalue weighted by Gasteiger charge is -2.00. The summed E-state index contributed by atoms with van der Waals surface area (Å²) in [7, 11) is 1.74. The molecule has 0 radical (unpaired) electrons. The van der Waals surface area contributed by atoms with Gasteiger partial charge in [-0.1, -0.05) is 30.7 Å². The van der Waals surface area contributed by atoms with Gasteiger partial charge in [0.25, 0.3) is 0 Å². The fourth-order valence-corrected chi connectivity index (χ4v) is 0.648. The highest BCUT2D eigenvalue weighted by Crippen LogP contribution is 1.97. The normalized spacial score (nSPS) is 13.1. The van der Waals surface area contributed by atoms with Crippen LogP contribution in [0.2, 0.25) is 0 Å². The van der Waals surface area contributed by atoms with Crippen LogP contribution in [0.3, 0.4) is 0 Å². The van der Waals surface area contributed by atoms with Crippen LogP contribution in [0.15, 0.2) is 28.8 Å². The van der Waals surface area contributed by atoms with Crippen LogP contribution in [0.4, 0.5) is 0 Å². The molecule has 0 rings (SSSR count). The van der Waals surface area contributed by atoms with E-state index in [2.05, 4.69) is 24.9 Å². The van der Waals surface area contributed by atoms with Crippen LogP contribution in [0.1, 0.15) is 20.3 Å². The molecule has 2 N–H and O–H groups in total. The van der Waals surface area contributed by atoms with Gasteiger partial charge in [-0.2, -0.15) is 0 Å². The Morgan fingerprint density at radius 2 is 2.23 bits per heavy atom. The van der Waals surface area contributed by atoms with Crippen LogP contribution in [-0.4, -0.2) is 24.9 Å². The Bertz CT molecular complexity index is 202. The third-order valence-electron chi connectivity index (χ3n) is 1.55. The lowest BCUT2D eigenvalue weighted by Crippen LogP contribution is -2.23. The first kappa shape index (κ1) is 11.9. The molecule has 0 heterocycles. The standard InChI is InChI=1S/C10H19N3/c1-4-10(2)7-5-6-8-12-9-13(3)11/h5-7,9H,4,8,11H2,1-3H3/b6-5+,10-7+,12-9-. The molecule has 0 saturated carbocycles. The van der Waals surface area contributed by atoms with E-state index in [9.17, 15) is 0 Å². The van der Waals surface area contributed by atoms with E-state index in [1.54, 1.807) is 13.4 Å². The molecule has 0 spiro atoms. The van der Waals surface area contributed by atoms with Crippen LogP contribution in [-0.2, 0) is 0 Å². The van der Waals surface area contributed by atoms with Crippen molar-refractivity contribution in [2.45, 2.75) is 20.3 Å². The third kappa shape index (κ3) is 8.82. The summed E-state index contributed by atoms with van der Waals surface area (Å²) in [6.45, 7) is 4.93. The zero-order valence-electron chi connectivity index (χ0n) is 8.70. The predicted octanol–water partition coefficient (Wildman–Crippen LogP) is 1.73. The van der Waals surface area contributed by atoms with Crippen molar-refractivity contribution in [1.82, 2.24) is 5.01 Å². The van der Waals surface area contributed by atoms with Gasteiger partial charge in [0.05, 0.1) is 12.9 Å². The minimum absolute atomic E-state index is 0.676. The number of nitrogens with two attached hydrogens (primary N) is 1. The van der Waals surface area contributed by atoms with Crippen molar-refractivity contribution in [2.24, 2.45) is 10.8 Å². The van der Waals surface area contributed by atoms with Gasteiger partial charge in [0.15, 0.2) is 0 Å². The first-order valence-electron chi connectivity index (χ1n) is 4.46. The van der Waals surface area contributed by atoms with Gasteiger partial charge in [-0.15, -0.1) is 0 Å². The summed E-state index contributed by atoms with van der Waals surface area (Å²) in [5, 5.41) is 1.43. The molecular weight excluding hydrogens is 162 g/mol. The average molecular weight is 181 g/mol. The molecule has 3 nitrogen and oxygen atoms in total. The molecule has 0 saturated heterocycles. The summed E-state index contributed by atoms with van der Waals surface area (Å²) in [5.74, 6) is 5.32. The van der Waals surface area contributed by atoms with Crippen LogP contribution in [0, 0.1) is 0 Å². The second-order valence-corrected chi connectivity index (χ2v) is 2.94. The summed E-state index contributed by atoms with van der Waals surface area (Å²) in [5.41, 5.74) is 1.37. The number of nitrogens with zero attached hydrogens (tertiary/aromatic N) is 2. The number of rotatable bonds is 5. The molecule has 0 aliphatic heterocycles. The summed E-state index contributed by atoms with van der Waals surface area (Å²) in [6, 6.07) is 0. The zero-order valence-corrected chi connectivity index (χ0v) is 8.70. The largest absolute Gasteiger partial charge is 0.304 e. The molecular formula is C10H19N3.